The van der Waals surface area contributed by atoms with Gasteiger partial charge in [0.2, 0.25) is 0 Å². The Bertz CT molecular complexity index is 947. The first-order chi connectivity index (χ1) is 11.6. The highest BCUT2D eigenvalue weighted by Crippen LogP contribution is 2.19. The summed E-state index contributed by atoms with van der Waals surface area (Å²) in [4.78, 5) is 34.2. The number of carboxylic acid groups (broad SMARTS) is 1. The monoisotopic (exact) mass is 324 g/mol. The number of aliphatic hydroxyl groups is 1. The SMILES string of the molecule is O=C(O)C(=O)/C=C(/O)c1nc2cncnc2n1Cc1ccccc1. The molecule has 0 saturated carbocycles. The van der Waals surface area contributed by atoms with Crippen LogP contribution in [0.25, 0.3) is 16.9 Å². The summed E-state index contributed by atoms with van der Waals surface area (Å²) in [5.41, 5.74) is 1.81. The van der Waals surface area contributed by atoms with Gasteiger partial charge >= 0.3 is 5.97 Å². The average molecular weight is 324 g/mol. The van der Waals surface area contributed by atoms with Crippen LogP contribution in [0.15, 0.2) is 48.9 Å². The van der Waals surface area contributed by atoms with Gasteiger partial charge < -0.3 is 14.8 Å². The molecule has 2 heterocycles. The van der Waals surface area contributed by atoms with E-state index in [9.17, 15) is 14.7 Å². The second-order valence-electron chi connectivity index (χ2n) is 4.94. The number of benzene rings is 1. The molecule has 3 aromatic rings. The molecule has 0 aliphatic carbocycles. The predicted octanol–water partition coefficient (Wildman–Crippen LogP) is 1.43. The Labute approximate surface area is 135 Å². The first-order valence-electron chi connectivity index (χ1n) is 6.94. The van der Waals surface area contributed by atoms with E-state index in [1.807, 2.05) is 30.3 Å². The lowest BCUT2D eigenvalue weighted by atomic mass is 10.2. The summed E-state index contributed by atoms with van der Waals surface area (Å²) < 4.78 is 1.59. The topological polar surface area (TPSA) is 118 Å². The molecule has 0 aliphatic rings. The van der Waals surface area contributed by atoms with Crippen molar-refractivity contribution in [1.82, 2.24) is 19.5 Å². The number of imidazole rings is 1. The molecule has 2 N–H and O–H groups in total. The lowest BCUT2D eigenvalue weighted by Crippen LogP contribution is -2.11. The number of hydrogen-bond donors (Lipinski definition) is 2. The van der Waals surface area contributed by atoms with Crippen molar-refractivity contribution in [1.29, 1.82) is 0 Å². The zero-order chi connectivity index (χ0) is 17.1. The van der Waals surface area contributed by atoms with E-state index < -0.39 is 17.5 Å². The Morgan fingerprint density at radius 2 is 1.92 bits per heavy atom. The lowest BCUT2D eigenvalue weighted by Gasteiger charge is -2.08. The minimum absolute atomic E-state index is 0.0453. The molecule has 0 amide bonds. The Morgan fingerprint density at radius 3 is 2.62 bits per heavy atom. The van der Waals surface area contributed by atoms with Crippen LogP contribution < -0.4 is 0 Å². The maximum Gasteiger partial charge on any atom is 0.376 e. The summed E-state index contributed by atoms with van der Waals surface area (Å²) in [6.07, 6.45) is 3.44. The van der Waals surface area contributed by atoms with Crippen molar-refractivity contribution in [3.8, 4) is 0 Å². The van der Waals surface area contributed by atoms with Crippen LogP contribution in [0.3, 0.4) is 0 Å². The van der Waals surface area contributed by atoms with Crippen LogP contribution in [-0.2, 0) is 16.1 Å². The van der Waals surface area contributed by atoms with E-state index in [1.165, 1.54) is 12.5 Å². The van der Waals surface area contributed by atoms with Gasteiger partial charge in [-0.3, -0.25) is 4.79 Å². The molecule has 2 aromatic heterocycles. The van der Waals surface area contributed by atoms with Crippen molar-refractivity contribution in [3.05, 3.63) is 60.3 Å². The normalized spacial score (nSPS) is 11.6. The van der Waals surface area contributed by atoms with Crippen LogP contribution in [0.4, 0.5) is 0 Å². The number of aliphatic hydroxyl groups excluding tert-OH is 1. The fourth-order valence-electron chi connectivity index (χ4n) is 2.24. The van der Waals surface area contributed by atoms with Crippen LogP contribution >= 0.6 is 0 Å². The zero-order valence-electron chi connectivity index (χ0n) is 12.3. The minimum atomic E-state index is -1.66. The van der Waals surface area contributed by atoms with Crippen LogP contribution in [0.5, 0.6) is 0 Å². The summed E-state index contributed by atoms with van der Waals surface area (Å²) in [6.45, 7) is 0.336. The van der Waals surface area contributed by atoms with E-state index >= 15 is 0 Å². The summed E-state index contributed by atoms with van der Waals surface area (Å²) >= 11 is 0. The molecule has 120 valence electrons. The summed E-state index contributed by atoms with van der Waals surface area (Å²) in [6, 6.07) is 9.39. The van der Waals surface area contributed by atoms with Crippen molar-refractivity contribution in [2.24, 2.45) is 0 Å². The summed E-state index contributed by atoms with van der Waals surface area (Å²) in [5, 5.41) is 18.8. The van der Waals surface area contributed by atoms with Crippen LogP contribution in [0, 0.1) is 0 Å². The fourth-order valence-corrected chi connectivity index (χ4v) is 2.24. The molecule has 8 nitrogen and oxygen atoms in total. The zero-order valence-corrected chi connectivity index (χ0v) is 12.3. The Balaban J connectivity index is 2.12. The van der Waals surface area contributed by atoms with Crippen LogP contribution in [0.1, 0.15) is 11.4 Å². The minimum Gasteiger partial charge on any atom is -0.504 e. The molecular weight excluding hydrogens is 312 g/mol. The third-order valence-electron chi connectivity index (χ3n) is 3.30. The number of carbonyl (C=O) groups excluding carboxylic acids is 1. The second kappa shape index (κ2) is 6.29. The highest BCUT2D eigenvalue weighted by atomic mass is 16.4. The third kappa shape index (κ3) is 2.98. The van der Waals surface area contributed by atoms with Crippen molar-refractivity contribution in [2.45, 2.75) is 6.54 Å². The molecule has 24 heavy (non-hydrogen) atoms. The van der Waals surface area contributed by atoms with Gasteiger partial charge in [-0.2, -0.15) is 0 Å². The van der Waals surface area contributed by atoms with Crippen LogP contribution in [0.2, 0.25) is 0 Å². The van der Waals surface area contributed by atoms with Gasteiger partial charge in [0, 0.05) is 6.08 Å². The fraction of sp³-hybridized carbons (Fsp3) is 0.0625. The first-order valence-corrected chi connectivity index (χ1v) is 6.94. The van der Waals surface area contributed by atoms with Gasteiger partial charge in [0.15, 0.2) is 17.2 Å². The maximum absolute atomic E-state index is 11.3. The molecule has 0 bridgehead atoms. The van der Waals surface area contributed by atoms with Crippen molar-refractivity contribution < 1.29 is 19.8 Å². The molecule has 0 fully saturated rings. The number of rotatable bonds is 5. The van der Waals surface area contributed by atoms with Gasteiger partial charge in [-0.05, 0) is 5.56 Å². The van der Waals surface area contributed by atoms with Crippen molar-refractivity contribution >= 4 is 28.7 Å². The van der Waals surface area contributed by atoms with E-state index in [-0.39, 0.29) is 5.82 Å². The standard InChI is InChI=1S/C16H12N4O4/c21-12(6-13(22)16(23)24)15-19-11-7-17-9-18-14(11)20(15)8-10-4-2-1-3-5-10/h1-7,9,21H,8H2,(H,23,24)/b12-6+. The number of hydrogen-bond acceptors (Lipinski definition) is 6. The van der Waals surface area contributed by atoms with E-state index in [0.717, 1.165) is 5.56 Å². The average Bonchev–Trinajstić information content (AvgIpc) is 2.94. The van der Waals surface area contributed by atoms with E-state index in [1.54, 1.807) is 4.57 Å². The van der Waals surface area contributed by atoms with Gasteiger partial charge in [0.25, 0.3) is 5.78 Å². The number of fused-ring (bicyclic) bond motifs is 1. The van der Waals surface area contributed by atoms with E-state index in [2.05, 4.69) is 15.0 Å². The molecule has 3 rings (SSSR count). The molecule has 0 saturated heterocycles. The number of aromatic nitrogens is 4. The Kier molecular flexibility index (Phi) is 4.02. The summed E-state index contributed by atoms with van der Waals surface area (Å²) in [7, 11) is 0. The van der Waals surface area contributed by atoms with Crippen molar-refractivity contribution in [3.63, 3.8) is 0 Å². The van der Waals surface area contributed by atoms with Gasteiger partial charge in [0.05, 0.1) is 12.7 Å². The highest BCUT2D eigenvalue weighted by molar-refractivity contribution is 6.38. The molecule has 0 spiro atoms. The van der Waals surface area contributed by atoms with Gasteiger partial charge in [-0.1, -0.05) is 30.3 Å². The smallest absolute Gasteiger partial charge is 0.376 e. The second-order valence-corrected chi connectivity index (χ2v) is 4.94. The van der Waals surface area contributed by atoms with Crippen LogP contribution in [-0.4, -0.2) is 41.5 Å². The molecule has 8 heteroatoms. The molecule has 0 radical (unpaired) electrons. The molecular formula is C16H12N4O4. The highest BCUT2D eigenvalue weighted by Gasteiger charge is 2.18. The molecule has 0 aliphatic heterocycles. The van der Waals surface area contributed by atoms with Gasteiger partial charge in [-0.25, -0.2) is 19.7 Å². The number of aliphatic carboxylic acids is 1. The Morgan fingerprint density at radius 1 is 1.17 bits per heavy atom. The van der Waals surface area contributed by atoms with E-state index in [0.29, 0.717) is 23.8 Å². The predicted molar refractivity (Wildman–Crippen MR) is 84.1 cm³/mol. The van der Waals surface area contributed by atoms with E-state index in [4.69, 9.17) is 5.11 Å². The van der Waals surface area contributed by atoms with Crippen molar-refractivity contribution in [2.75, 3.05) is 0 Å². The maximum atomic E-state index is 11.3. The number of carbonyl (C=O) groups is 2. The van der Waals surface area contributed by atoms with Gasteiger partial charge in [0.1, 0.15) is 11.8 Å². The van der Waals surface area contributed by atoms with Gasteiger partial charge in [-0.15, -0.1) is 0 Å². The quantitative estimate of drug-likeness (QED) is 0.414. The number of nitrogens with zero attached hydrogens (tertiary/aromatic N) is 4. The number of ketones is 1. The molecule has 0 atom stereocenters. The Hall–Kier alpha value is -3.55. The summed E-state index contributed by atoms with van der Waals surface area (Å²) in [5.74, 6) is -3.40. The lowest BCUT2D eigenvalue weighted by molar-refractivity contribution is -0.146. The number of carboxylic acids is 1. The first kappa shape index (κ1) is 15.3. The molecule has 1 aromatic carbocycles. The largest absolute Gasteiger partial charge is 0.504 e. The third-order valence-corrected chi connectivity index (χ3v) is 3.30. The molecule has 0 unspecified atom stereocenters.